The van der Waals surface area contributed by atoms with Crippen LogP contribution in [0.1, 0.15) is 5.01 Å². The van der Waals surface area contributed by atoms with Gasteiger partial charge in [-0.25, -0.2) is 13.1 Å². The van der Waals surface area contributed by atoms with E-state index in [1.165, 1.54) is 29.8 Å². The number of aromatic nitrogens is 4. The summed E-state index contributed by atoms with van der Waals surface area (Å²) in [6, 6.07) is 4.52. The first kappa shape index (κ1) is 14.4. The Morgan fingerprint density at radius 2 is 2.17 bits per heavy atom. The standard InChI is InChI=1S/C12H11N5O4S2/c18-23(19,8-1-2-9-10(5-8)21-7-20-9)14-4-3-11-16-17-6-13-15-12(17)22-11/h1-2,5-6,14H,3-4,7H2. The Bertz CT molecular complexity index is 936. The van der Waals surface area contributed by atoms with Gasteiger partial charge in [0, 0.05) is 19.0 Å². The Morgan fingerprint density at radius 1 is 1.30 bits per heavy atom. The van der Waals surface area contributed by atoms with Crippen LogP contribution in [0.25, 0.3) is 4.96 Å². The number of sulfonamides is 1. The molecule has 2 aromatic heterocycles. The van der Waals surface area contributed by atoms with Crippen molar-refractivity contribution in [3.8, 4) is 11.5 Å². The fourth-order valence-corrected chi connectivity index (χ4v) is 3.98. The summed E-state index contributed by atoms with van der Waals surface area (Å²) in [6.07, 6.45) is 1.98. The second-order valence-electron chi connectivity index (χ2n) is 4.72. The number of rotatable bonds is 5. The Morgan fingerprint density at radius 3 is 3.04 bits per heavy atom. The van der Waals surface area contributed by atoms with Crippen molar-refractivity contribution >= 4 is 26.3 Å². The normalized spacial score (nSPS) is 13.7. The molecular weight excluding hydrogens is 342 g/mol. The molecule has 0 unspecified atom stereocenters. The summed E-state index contributed by atoms with van der Waals surface area (Å²) in [5.41, 5.74) is 0. The van der Waals surface area contributed by atoms with Gasteiger partial charge in [-0.3, -0.25) is 0 Å². The van der Waals surface area contributed by atoms with Crippen molar-refractivity contribution < 1.29 is 17.9 Å². The molecule has 23 heavy (non-hydrogen) atoms. The van der Waals surface area contributed by atoms with Crippen molar-refractivity contribution in [2.45, 2.75) is 11.3 Å². The van der Waals surface area contributed by atoms with Crippen LogP contribution < -0.4 is 14.2 Å². The highest BCUT2D eigenvalue weighted by Gasteiger charge is 2.20. The maximum atomic E-state index is 12.3. The van der Waals surface area contributed by atoms with Crippen LogP contribution in [-0.4, -0.2) is 41.6 Å². The first-order chi connectivity index (χ1) is 11.1. The SMILES string of the molecule is O=S(=O)(NCCc1nn2cnnc2s1)c1ccc2c(c1)OCO2. The molecule has 1 N–H and O–H groups in total. The molecule has 120 valence electrons. The Labute approximate surface area is 134 Å². The molecule has 0 atom stereocenters. The van der Waals surface area contributed by atoms with Gasteiger partial charge in [0.05, 0.1) is 4.90 Å². The first-order valence-electron chi connectivity index (χ1n) is 6.67. The van der Waals surface area contributed by atoms with Gasteiger partial charge in [-0.2, -0.15) is 9.61 Å². The lowest BCUT2D eigenvalue weighted by atomic mass is 10.3. The van der Waals surface area contributed by atoms with Gasteiger partial charge in [0.1, 0.15) is 11.3 Å². The molecule has 0 spiro atoms. The van der Waals surface area contributed by atoms with Gasteiger partial charge in [-0.1, -0.05) is 11.3 Å². The van der Waals surface area contributed by atoms with Crippen molar-refractivity contribution in [2.75, 3.05) is 13.3 Å². The van der Waals surface area contributed by atoms with Gasteiger partial charge >= 0.3 is 0 Å². The summed E-state index contributed by atoms with van der Waals surface area (Å²) in [5, 5.41) is 12.6. The quantitative estimate of drug-likeness (QED) is 0.709. The second kappa shape index (κ2) is 5.44. The van der Waals surface area contributed by atoms with Crippen LogP contribution in [0.15, 0.2) is 29.4 Å². The lowest BCUT2D eigenvalue weighted by molar-refractivity contribution is 0.174. The van der Waals surface area contributed by atoms with Crippen molar-refractivity contribution in [3.05, 3.63) is 29.5 Å². The number of nitrogens with zero attached hydrogens (tertiary/aromatic N) is 4. The molecule has 3 aromatic rings. The minimum absolute atomic E-state index is 0.104. The van der Waals surface area contributed by atoms with E-state index in [4.69, 9.17) is 9.47 Å². The summed E-state index contributed by atoms with van der Waals surface area (Å²) in [7, 11) is -3.61. The van der Waals surface area contributed by atoms with Crippen molar-refractivity contribution in [2.24, 2.45) is 0 Å². The van der Waals surface area contributed by atoms with E-state index >= 15 is 0 Å². The van der Waals surface area contributed by atoms with E-state index in [2.05, 4.69) is 20.0 Å². The molecule has 4 rings (SSSR count). The van der Waals surface area contributed by atoms with Gasteiger partial charge in [0.2, 0.25) is 21.8 Å². The lowest BCUT2D eigenvalue weighted by Crippen LogP contribution is -2.26. The molecule has 0 bridgehead atoms. The van der Waals surface area contributed by atoms with Crippen molar-refractivity contribution in [3.63, 3.8) is 0 Å². The summed E-state index contributed by atoms with van der Waals surface area (Å²) in [6.45, 7) is 0.341. The van der Waals surface area contributed by atoms with E-state index in [-0.39, 0.29) is 18.2 Å². The highest BCUT2D eigenvalue weighted by Crippen LogP contribution is 2.33. The van der Waals surface area contributed by atoms with Crippen LogP contribution in [0, 0.1) is 0 Å². The monoisotopic (exact) mass is 353 g/mol. The highest BCUT2D eigenvalue weighted by molar-refractivity contribution is 7.89. The maximum absolute atomic E-state index is 12.3. The third-order valence-electron chi connectivity index (χ3n) is 3.21. The average Bonchev–Trinajstić information content (AvgIpc) is 3.21. The third kappa shape index (κ3) is 2.73. The fraction of sp³-hybridized carbons (Fsp3) is 0.250. The van der Waals surface area contributed by atoms with Gasteiger partial charge in [0.15, 0.2) is 11.5 Å². The largest absolute Gasteiger partial charge is 0.454 e. The second-order valence-corrected chi connectivity index (χ2v) is 7.52. The molecule has 9 nitrogen and oxygen atoms in total. The van der Waals surface area contributed by atoms with E-state index < -0.39 is 10.0 Å². The molecule has 0 amide bonds. The number of ether oxygens (including phenoxy) is 2. The molecule has 11 heteroatoms. The molecule has 0 radical (unpaired) electrons. The van der Waals surface area contributed by atoms with Crippen LogP contribution in [0.5, 0.6) is 11.5 Å². The van der Waals surface area contributed by atoms with Crippen LogP contribution in [0.4, 0.5) is 0 Å². The van der Waals surface area contributed by atoms with Crippen LogP contribution in [-0.2, 0) is 16.4 Å². The zero-order valence-electron chi connectivity index (χ0n) is 11.7. The van der Waals surface area contributed by atoms with Gasteiger partial charge in [0.25, 0.3) is 0 Å². The highest BCUT2D eigenvalue weighted by atomic mass is 32.2. The van der Waals surface area contributed by atoms with Gasteiger partial charge in [-0.05, 0) is 12.1 Å². The minimum atomic E-state index is -3.61. The summed E-state index contributed by atoms with van der Waals surface area (Å²) >= 11 is 1.37. The Balaban J connectivity index is 1.44. The summed E-state index contributed by atoms with van der Waals surface area (Å²) in [4.78, 5) is 0.818. The Kier molecular flexibility index (Phi) is 3.39. The zero-order chi connectivity index (χ0) is 15.9. The first-order valence-corrected chi connectivity index (χ1v) is 8.97. The average molecular weight is 353 g/mol. The van der Waals surface area contributed by atoms with E-state index in [0.29, 0.717) is 22.9 Å². The molecule has 1 aliphatic rings. The number of fused-ring (bicyclic) bond motifs is 2. The van der Waals surface area contributed by atoms with E-state index in [9.17, 15) is 8.42 Å². The topological polar surface area (TPSA) is 108 Å². The predicted octanol–water partition coefficient (Wildman–Crippen LogP) is 0.435. The van der Waals surface area contributed by atoms with E-state index in [0.717, 1.165) is 5.01 Å². The summed E-state index contributed by atoms with van der Waals surface area (Å²) < 4.78 is 39.1. The molecule has 1 aromatic carbocycles. The smallest absolute Gasteiger partial charge is 0.240 e. The van der Waals surface area contributed by atoms with Gasteiger partial charge in [-0.15, -0.1) is 10.2 Å². The number of hydrogen-bond donors (Lipinski definition) is 1. The molecule has 0 aliphatic carbocycles. The van der Waals surface area contributed by atoms with Crippen LogP contribution >= 0.6 is 11.3 Å². The molecule has 0 fully saturated rings. The Hall–Kier alpha value is -2.24. The molecule has 3 heterocycles. The molecule has 0 saturated carbocycles. The molecular formula is C12H11N5O4S2. The molecule has 0 saturated heterocycles. The maximum Gasteiger partial charge on any atom is 0.240 e. The summed E-state index contributed by atoms with van der Waals surface area (Å²) in [5.74, 6) is 0.977. The van der Waals surface area contributed by atoms with E-state index in [1.807, 2.05) is 0 Å². The van der Waals surface area contributed by atoms with Gasteiger partial charge < -0.3 is 9.47 Å². The fourth-order valence-electron chi connectivity index (χ4n) is 2.12. The van der Waals surface area contributed by atoms with E-state index in [1.54, 1.807) is 10.6 Å². The number of hydrogen-bond acceptors (Lipinski definition) is 8. The lowest BCUT2D eigenvalue weighted by Gasteiger charge is -2.06. The van der Waals surface area contributed by atoms with Crippen molar-refractivity contribution in [1.29, 1.82) is 0 Å². The predicted molar refractivity (Wildman–Crippen MR) is 80.1 cm³/mol. The minimum Gasteiger partial charge on any atom is -0.454 e. The van der Waals surface area contributed by atoms with Crippen molar-refractivity contribution in [1.82, 2.24) is 24.5 Å². The number of nitrogens with one attached hydrogen (secondary N) is 1. The van der Waals surface area contributed by atoms with Crippen LogP contribution in [0.2, 0.25) is 0 Å². The molecule has 1 aliphatic heterocycles. The third-order valence-corrected chi connectivity index (χ3v) is 5.65. The number of benzene rings is 1. The van der Waals surface area contributed by atoms with Crippen LogP contribution in [0.3, 0.4) is 0 Å². The zero-order valence-corrected chi connectivity index (χ0v) is 13.3.